The Hall–Kier alpha value is -1.43. The van der Waals surface area contributed by atoms with Crippen molar-refractivity contribution in [2.45, 2.75) is 19.9 Å². The summed E-state index contributed by atoms with van der Waals surface area (Å²) in [6.07, 6.45) is 0. The highest BCUT2D eigenvalue weighted by Crippen LogP contribution is 2.08. The minimum absolute atomic E-state index is 0.0380. The van der Waals surface area contributed by atoms with Crippen molar-refractivity contribution in [3.63, 3.8) is 0 Å². The summed E-state index contributed by atoms with van der Waals surface area (Å²) in [5, 5.41) is 6.42. The highest BCUT2D eigenvalue weighted by Gasteiger charge is 2.18. The van der Waals surface area contributed by atoms with E-state index < -0.39 is 5.97 Å². The zero-order valence-electron chi connectivity index (χ0n) is 8.40. The normalized spacial score (nSPS) is 12.5. The number of carbonyl (C=O) groups is 1. The molecule has 6 heteroatoms. The van der Waals surface area contributed by atoms with Crippen molar-refractivity contribution in [3.05, 3.63) is 11.7 Å². The van der Waals surface area contributed by atoms with Gasteiger partial charge in [0.25, 0.3) is 5.82 Å². The molecular weight excluding hydrogens is 186 g/mol. The largest absolute Gasteiger partial charge is 0.460 e. The van der Waals surface area contributed by atoms with Gasteiger partial charge in [0.2, 0.25) is 5.89 Å². The number of ether oxygens (including phenoxy) is 1. The molecule has 1 atom stereocenters. The molecule has 1 aromatic rings. The summed E-state index contributed by atoms with van der Waals surface area (Å²) in [6.45, 7) is 3.86. The van der Waals surface area contributed by atoms with Crippen LogP contribution >= 0.6 is 0 Å². The lowest BCUT2D eigenvalue weighted by Gasteiger charge is -2.01. The number of carbonyl (C=O) groups excluding carboxylic acids is 1. The quantitative estimate of drug-likeness (QED) is 0.712. The van der Waals surface area contributed by atoms with Crippen molar-refractivity contribution < 1.29 is 14.1 Å². The van der Waals surface area contributed by atoms with Crippen LogP contribution < -0.4 is 5.32 Å². The van der Waals surface area contributed by atoms with Crippen molar-refractivity contribution >= 4 is 5.97 Å². The summed E-state index contributed by atoms with van der Waals surface area (Å²) in [7, 11) is 1.76. The molecule has 1 aromatic heterocycles. The van der Waals surface area contributed by atoms with Gasteiger partial charge in [-0.2, -0.15) is 4.98 Å². The summed E-state index contributed by atoms with van der Waals surface area (Å²) in [5.74, 6) is -0.231. The number of esters is 1. The first kappa shape index (κ1) is 10.6. The Morgan fingerprint density at radius 1 is 1.71 bits per heavy atom. The Morgan fingerprint density at radius 3 is 3.00 bits per heavy atom. The van der Waals surface area contributed by atoms with E-state index in [1.807, 2.05) is 6.92 Å². The average Bonchev–Trinajstić information content (AvgIpc) is 2.66. The van der Waals surface area contributed by atoms with Gasteiger partial charge in [-0.1, -0.05) is 0 Å². The Balaban J connectivity index is 2.72. The lowest BCUT2D eigenvalue weighted by molar-refractivity contribution is 0.0508. The fourth-order valence-corrected chi connectivity index (χ4v) is 0.813. The number of rotatable bonds is 4. The topological polar surface area (TPSA) is 77.2 Å². The molecule has 0 bridgehead atoms. The first-order valence-corrected chi connectivity index (χ1v) is 4.37. The number of hydrogen-bond donors (Lipinski definition) is 1. The van der Waals surface area contributed by atoms with Crippen LogP contribution in [0, 0.1) is 0 Å². The lowest BCUT2D eigenvalue weighted by Crippen LogP contribution is -2.13. The van der Waals surface area contributed by atoms with Crippen LogP contribution in [-0.4, -0.2) is 29.8 Å². The van der Waals surface area contributed by atoms with E-state index >= 15 is 0 Å². The molecule has 0 aliphatic heterocycles. The molecule has 0 amide bonds. The van der Waals surface area contributed by atoms with Crippen molar-refractivity contribution in [1.29, 1.82) is 0 Å². The minimum atomic E-state index is -0.564. The summed E-state index contributed by atoms with van der Waals surface area (Å²) in [6, 6.07) is -0.0781. The van der Waals surface area contributed by atoms with Crippen molar-refractivity contribution in [3.8, 4) is 0 Å². The van der Waals surface area contributed by atoms with Gasteiger partial charge in [-0.05, 0) is 26.1 Å². The van der Waals surface area contributed by atoms with Crippen molar-refractivity contribution in [1.82, 2.24) is 15.5 Å². The van der Waals surface area contributed by atoms with E-state index in [0.717, 1.165) is 0 Å². The zero-order chi connectivity index (χ0) is 10.6. The minimum Gasteiger partial charge on any atom is -0.460 e. The summed E-state index contributed by atoms with van der Waals surface area (Å²) in [4.78, 5) is 15.0. The molecular formula is C8H13N3O3. The molecule has 0 saturated carbocycles. The average molecular weight is 199 g/mol. The first-order chi connectivity index (χ1) is 6.69. The second-order valence-corrected chi connectivity index (χ2v) is 2.69. The summed E-state index contributed by atoms with van der Waals surface area (Å²) >= 11 is 0. The standard InChI is InChI=1S/C8H13N3O3/c1-4-13-8(12)6-10-7(14-11-6)5(2)9-3/h5,9H,4H2,1-3H3. The summed E-state index contributed by atoms with van der Waals surface area (Å²) < 4.78 is 9.57. The maximum atomic E-state index is 11.1. The van der Waals surface area contributed by atoms with Crippen LogP contribution in [0.4, 0.5) is 0 Å². The van der Waals surface area contributed by atoms with Crippen LogP contribution in [0.15, 0.2) is 4.52 Å². The maximum Gasteiger partial charge on any atom is 0.379 e. The predicted octanol–water partition coefficient (Wildman–Crippen LogP) is 0.527. The SMILES string of the molecule is CCOC(=O)c1noc(C(C)NC)n1. The van der Waals surface area contributed by atoms with Crippen LogP contribution in [-0.2, 0) is 4.74 Å². The van der Waals surface area contributed by atoms with Crippen LogP contribution in [0.25, 0.3) is 0 Å². The third-order valence-corrected chi connectivity index (χ3v) is 1.70. The van der Waals surface area contributed by atoms with Crippen molar-refractivity contribution in [2.24, 2.45) is 0 Å². The molecule has 0 fully saturated rings. The van der Waals surface area contributed by atoms with E-state index in [9.17, 15) is 4.79 Å². The van der Waals surface area contributed by atoms with Gasteiger partial charge in [-0.25, -0.2) is 4.79 Å². The van der Waals surface area contributed by atoms with E-state index in [0.29, 0.717) is 12.5 Å². The second-order valence-electron chi connectivity index (χ2n) is 2.69. The summed E-state index contributed by atoms with van der Waals surface area (Å²) in [5.41, 5.74) is 0. The van der Waals surface area contributed by atoms with Crippen molar-refractivity contribution in [2.75, 3.05) is 13.7 Å². The fourth-order valence-electron chi connectivity index (χ4n) is 0.813. The van der Waals surface area contributed by atoms with Gasteiger partial charge < -0.3 is 14.6 Å². The smallest absolute Gasteiger partial charge is 0.379 e. The third-order valence-electron chi connectivity index (χ3n) is 1.70. The highest BCUT2D eigenvalue weighted by atomic mass is 16.5. The molecule has 1 N–H and O–H groups in total. The van der Waals surface area contributed by atoms with E-state index in [1.54, 1.807) is 14.0 Å². The molecule has 14 heavy (non-hydrogen) atoms. The molecule has 0 radical (unpaired) electrons. The fraction of sp³-hybridized carbons (Fsp3) is 0.625. The number of aromatic nitrogens is 2. The van der Waals surface area contributed by atoms with Gasteiger partial charge in [0.1, 0.15) is 0 Å². The van der Waals surface area contributed by atoms with E-state index in [1.165, 1.54) is 0 Å². The van der Waals surface area contributed by atoms with E-state index in [4.69, 9.17) is 9.26 Å². The second kappa shape index (κ2) is 4.71. The molecule has 0 aliphatic rings. The van der Waals surface area contributed by atoms with Gasteiger partial charge in [-0.15, -0.1) is 0 Å². The Bertz CT molecular complexity index is 311. The third kappa shape index (κ3) is 2.29. The highest BCUT2D eigenvalue weighted by molar-refractivity contribution is 5.84. The first-order valence-electron chi connectivity index (χ1n) is 4.37. The Labute approximate surface area is 81.6 Å². The number of nitrogens with zero attached hydrogens (tertiary/aromatic N) is 2. The van der Waals surface area contributed by atoms with Gasteiger partial charge >= 0.3 is 5.97 Å². The zero-order valence-corrected chi connectivity index (χ0v) is 8.40. The van der Waals surface area contributed by atoms with E-state index in [2.05, 4.69) is 15.5 Å². The predicted molar refractivity (Wildman–Crippen MR) is 47.7 cm³/mol. The molecule has 1 heterocycles. The van der Waals surface area contributed by atoms with Crippen LogP contribution in [0.2, 0.25) is 0 Å². The Kier molecular flexibility index (Phi) is 3.58. The number of nitrogens with one attached hydrogen (secondary N) is 1. The Morgan fingerprint density at radius 2 is 2.43 bits per heavy atom. The van der Waals surface area contributed by atoms with Crippen LogP contribution in [0.1, 0.15) is 36.4 Å². The van der Waals surface area contributed by atoms with Gasteiger partial charge in [0.15, 0.2) is 0 Å². The monoisotopic (exact) mass is 199 g/mol. The molecule has 1 rings (SSSR count). The van der Waals surface area contributed by atoms with E-state index in [-0.39, 0.29) is 11.9 Å². The molecule has 6 nitrogen and oxygen atoms in total. The van der Waals surface area contributed by atoms with Gasteiger partial charge in [0.05, 0.1) is 12.6 Å². The maximum absolute atomic E-state index is 11.1. The molecule has 1 unspecified atom stereocenters. The number of hydrogen-bond acceptors (Lipinski definition) is 6. The molecule has 0 saturated heterocycles. The van der Waals surface area contributed by atoms with Gasteiger partial charge in [0, 0.05) is 0 Å². The molecule has 0 spiro atoms. The molecule has 0 aliphatic carbocycles. The molecule has 78 valence electrons. The van der Waals surface area contributed by atoms with Crippen LogP contribution in [0.5, 0.6) is 0 Å². The lowest BCUT2D eigenvalue weighted by atomic mass is 10.3. The van der Waals surface area contributed by atoms with Gasteiger partial charge in [-0.3, -0.25) is 0 Å². The molecule has 0 aromatic carbocycles. The van der Waals surface area contributed by atoms with Crippen LogP contribution in [0.3, 0.4) is 0 Å².